The van der Waals surface area contributed by atoms with Crippen LogP contribution in [0.25, 0.3) is 0 Å². The molecule has 1 aromatic heterocycles. The number of aromatic nitrogens is 2. The van der Waals surface area contributed by atoms with Crippen LogP contribution in [0.1, 0.15) is 66.6 Å². The molecule has 1 heterocycles. The first-order chi connectivity index (χ1) is 7.08. The second-order valence-electron chi connectivity index (χ2n) is 4.62. The minimum absolute atomic E-state index is 0.473. The summed E-state index contributed by atoms with van der Waals surface area (Å²) in [6.07, 6.45) is 2.55. The maximum absolute atomic E-state index is 4.66. The van der Waals surface area contributed by atoms with Crippen molar-refractivity contribution in [3.8, 4) is 0 Å². The van der Waals surface area contributed by atoms with Gasteiger partial charge in [-0.15, -0.1) is 0 Å². The lowest BCUT2D eigenvalue weighted by atomic mass is 10.1. The third-order valence-electron chi connectivity index (χ3n) is 2.72. The van der Waals surface area contributed by atoms with Gasteiger partial charge in [-0.05, 0) is 31.7 Å². The van der Waals surface area contributed by atoms with Crippen LogP contribution in [0.4, 0.5) is 0 Å². The standard InChI is InChI=1S/C12H17IN2/c1-7(2)10-6-11(8(3)13)15-12(14-10)9-4-5-9/h6-9H,4-5H2,1-3H3. The lowest BCUT2D eigenvalue weighted by Crippen LogP contribution is -2.04. The Morgan fingerprint density at radius 1 is 1.20 bits per heavy atom. The Balaban J connectivity index is 2.39. The van der Waals surface area contributed by atoms with E-state index in [4.69, 9.17) is 0 Å². The zero-order valence-corrected chi connectivity index (χ0v) is 11.7. The van der Waals surface area contributed by atoms with Gasteiger partial charge in [0.1, 0.15) is 5.82 Å². The van der Waals surface area contributed by atoms with Gasteiger partial charge in [0.25, 0.3) is 0 Å². The van der Waals surface area contributed by atoms with Crippen molar-refractivity contribution in [3.05, 3.63) is 23.3 Å². The third kappa shape index (κ3) is 2.68. The van der Waals surface area contributed by atoms with Crippen LogP contribution in [0.15, 0.2) is 6.07 Å². The van der Waals surface area contributed by atoms with E-state index >= 15 is 0 Å². The summed E-state index contributed by atoms with van der Waals surface area (Å²) in [6, 6.07) is 2.16. The fourth-order valence-corrected chi connectivity index (χ4v) is 1.85. The van der Waals surface area contributed by atoms with Gasteiger partial charge in [0.2, 0.25) is 0 Å². The Bertz CT molecular complexity index is 300. The molecular formula is C12H17IN2. The summed E-state index contributed by atoms with van der Waals surface area (Å²) in [4.78, 5) is 9.32. The van der Waals surface area contributed by atoms with Gasteiger partial charge in [-0.3, -0.25) is 0 Å². The highest BCUT2D eigenvalue weighted by molar-refractivity contribution is 14.1. The number of hydrogen-bond donors (Lipinski definition) is 0. The minimum atomic E-state index is 0.473. The molecule has 1 fully saturated rings. The lowest BCUT2D eigenvalue weighted by molar-refractivity contribution is 0.768. The molecule has 0 radical (unpaired) electrons. The van der Waals surface area contributed by atoms with Gasteiger partial charge in [0, 0.05) is 11.6 Å². The molecule has 2 nitrogen and oxygen atoms in total. The van der Waals surface area contributed by atoms with Crippen LogP contribution in [0.5, 0.6) is 0 Å². The summed E-state index contributed by atoms with van der Waals surface area (Å²) in [5.74, 6) is 2.23. The van der Waals surface area contributed by atoms with E-state index in [0.29, 0.717) is 15.8 Å². The first kappa shape index (κ1) is 11.3. The molecular weight excluding hydrogens is 299 g/mol. The molecule has 1 aliphatic rings. The van der Waals surface area contributed by atoms with Gasteiger partial charge in [-0.2, -0.15) is 0 Å². The van der Waals surface area contributed by atoms with E-state index in [0.717, 1.165) is 5.82 Å². The van der Waals surface area contributed by atoms with Gasteiger partial charge in [-0.25, -0.2) is 9.97 Å². The molecule has 0 N–H and O–H groups in total. The normalized spacial score (nSPS) is 18.2. The average molecular weight is 316 g/mol. The van der Waals surface area contributed by atoms with Crippen LogP contribution in [-0.4, -0.2) is 9.97 Å². The van der Waals surface area contributed by atoms with Crippen LogP contribution in [0.2, 0.25) is 0 Å². The number of alkyl halides is 1. The first-order valence-corrected chi connectivity index (χ1v) is 6.85. The van der Waals surface area contributed by atoms with Crippen molar-refractivity contribution < 1.29 is 0 Å². The van der Waals surface area contributed by atoms with Gasteiger partial charge < -0.3 is 0 Å². The van der Waals surface area contributed by atoms with E-state index in [1.165, 1.54) is 24.2 Å². The van der Waals surface area contributed by atoms with Crippen molar-refractivity contribution in [1.82, 2.24) is 9.97 Å². The average Bonchev–Trinajstić information content (AvgIpc) is 3.00. The van der Waals surface area contributed by atoms with E-state index in [2.05, 4.69) is 59.4 Å². The number of hydrogen-bond acceptors (Lipinski definition) is 2. The molecule has 1 atom stereocenters. The number of halogens is 1. The molecule has 1 saturated carbocycles. The number of nitrogens with zero attached hydrogens (tertiary/aromatic N) is 2. The summed E-state index contributed by atoms with van der Waals surface area (Å²) in [5.41, 5.74) is 2.39. The fraction of sp³-hybridized carbons (Fsp3) is 0.667. The summed E-state index contributed by atoms with van der Waals surface area (Å²) in [7, 11) is 0. The molecule has 0 spiro atoms. The molecule has 2 rings (SSSR count). The summed E-state index contributed by atoms with van der Waals surface area (Å²) in [5, 5.41) is 0. The highest BCUT2D eigenvalue weighted by atomic mass is 127. The Labute approximate surface area is 105 Å². The summed E-state index contributed by atoms with van der Waals surface area (Å²) >= 11 is 2.42. The van der Waals surface area contributed by atoms with Crippen LogP contribution < -0.4 is 0 Å². The van der Waals surface area contributed by atoms with Crippen LogP contribution in [0, 0.1) is 0 Å². The van der Waals surface area contributed by atoms with Crippen LogP contribution >= 0.6 is 22.6 Å². The predicted molar refractivity (Wildman–Crippen MR) is 70.5 cm³/mol. The van der Waals surface area contributed by atoms with Gasteiger partial charge >= 0.3 is 0 Å². The van der Waals surface area contributed by atoms with Crippen molar-refractivity contribution in [2.45, 2.75) is 49.4 Å². The predicted octanol–water partition coefficient (Wildman–Crippen LogP) is 3.97. The fourth-order valence-electron chi connectivity index (χ4n) is 1.53. The molecule has 82 valence electrons. The maximum atomic E-state index is 4.66. The van der Waals surface area contributed by atoms with E-state index in [-0.39, 0.29) is 0 Å². The highest BCUT2D eigenvalue weighted by Crippen LogP contribution is 2.39. The van der Waals surface area contributed by atoms with E-state index in [1.54, 1.807) is 0 Å². The smallest absolute Gasteiger partial charge is 0.131 e. The molecule has 3 heteroatoms. The van der Waals surface area contributed by atoms with E-state index < -0.39 is 0 Å². The van der Waals surface area contributed by atoms with E-state index in [1.807, 2.05) is 0 Å². The molecule has 0 aromatic carbocycles. The molecule has 0 bridgehead atoms. The van der Waals surface area contributed by atoms with Crippen molar-refractivity contribution in [1.29, 1.82) is 0 Å². The van der Waals surface area contributed by atoms with Crippen LogP contribution in [-0.2, 0) is 0 Å². The van der Waals surface area contributed by atoms with Crippen molar-refractivity contribution in [2.24, 2.45) is 0 Å². The third-order valence-corrected chi connectivity index (χ3v) is 3.36. The molecule has 1 unspecified atom stereocenters. The zero-order valence-electron chi connectivity index (χ0n) is 9.50. The van der Waals surface area contributed by atoms with Crippen molar-refractivity contribution in [3.63, 3.8) is 0 Å². The zero-order chi connectivity index (χ0) is 11.0. The van der Waals surface area contributed by atoms with Crippen LogP contribution in [0.3, 0.4) is 0 Å². The van der Waals surface area contributed by atoms with Gasteiger partial charge in [0.05, 0.1) is 9.62 Å². The molecule has 0 aliphatic heterocycles. The SMILES string of the molecule is CC(C)c1cc(C(C)I)nc(C2CC2)n1. The molecule has 0 amide bonds. The monoisotopic (exact) mass is 316 g/mol. The van der Waals surface area contributed by atoms with Gasteiger partial charge in [-0.1, -0.05) is 36.4 Å². The van der Waals surface area contributed by atoms with Crippen molar-refractivity contribution in [2.75, 3.05) is 0 Å². The second kappa shape index (κ2) is 4.36. The Kier molecular flexibility index (Phi) is 3.28. The quantitative estimate of drug-likeness (QED) is 0.623. The van der Waals surface area contributed by atoms with Crippen molar-refractivity contribution >= 4 is 22.6 Å². The second-order valence-corrected chi connectivity index (χ2v) is 6.49. The Morgan fingerprint density at radius 2 is 1.80 bits per heavy atom. The molecule has 1 aromatic rings. The highest BCUT2D eigenvalue weighted by Gasteiger charge is 2.27. The van der Waals surface area contributed by atoms with E-state index in [9.17, 15) is 0 Å². The summed E-state index contributed by atoms with van der Waals surface area (Å²) < 4.78 is 0.473. The minimum Gasteiger partial charge on any atom is -0.237 e. The molecule has 0 saturated heterocycles. The summed E-state index contributed by atoms with van der Waals surface area (Å²) in [6.45, 7) is 6.57. The Hall–Kier alpha value is -0.190. The lowest BCUT2D eigenvalue weighted by Gasteiger charge is -2.11. The van der Waals surface area contributed by atoms with Gasteiger partial charge in [0.15, 0.2) is 0 Å². The number of rotatable bonds is 3. The first-order valence-electron chi connectivity index (χ1n) is 5.60. The Morgan fingerprint density at radius 3 is 2.27 bits per heavy atom. The largest absolute Gasteiger partial charge is 0.237 e. The topological polar surface area (TPSA) is 25.8 Å². The molecule has 1 aliphatic carbocycles. The molecule has 15 heavy (non-hydrogen) atoms. The maximum Gasteiger partial charge on any atom is 0.131 e.